The molecule has 0 aromatic carbocycles. The lowest BCUT2D eigenvalue weighted by Crippen LogP contribution is -2.51. The third-order valence-corrected chi connectivity index (χ3v) is 8.43. The van der Waals surface area contributed by atoms with E-state index in [2.05, 4.69) is 23.6 Å². The Kier molecular flexibility index (Phi) is 5.69. The number of carbonyl (C=O) groups is 1. The van der Waals surface area contributed by atoms with Gasteiger partial charge in [-0.1, -0.05) is 26.7 Å². The van der Waals surface area contributed by atoms with Crippen molar-refractivity contribution in [1.82, 2.24) is 14.9 Å². The number of hydrogen-bond acceptors (Lipinski definition) is 5. The smallest absolute Gasteiger partial charge is 0.225 e. The molecule has 1 saturated heterocycles. The molecule has 2 fully saturated rings. The molecule has 1 aliphatic heterocycles. The summed E-state index contributed by atoms with van der Waals surface area (Å²) in [6, 6.07) is 0. The summed E-state index contributed by atoms with van der Waals surface area (Å²) in [5, 5.41) is 1.32. The van der Waals surface area contributed by atoms with Crippen LogP contribution in [0.2, 0.25) is 0 Å². The van der Waals surface area contributed by atoms with Gasteiger partial charge in [0.15, 0.2) is 0 Å². The number of nitrogens with zero attached hydrogens (tertiary/aromatic N) is 4. The second kappa shape index (κ2) is 8.45. The molecule has 1 saturated carbocycles. The monoisotopic (exact) mass is 426 g/mol. The Bertz CT molecular complexity index is 927. The zero-order chi connectivity index (χ0) is 20.7. The fourth-order valence-electron chi connectivity index (χ4n) is 5.09. The summed E-state index contributed by atoms with van der Waals surface area (Å²) in [6.45, 7) is 8.02. The van der Waals surface area contributed by atoms with Crippen molar-refractivity contribution in [1.29, 1.82) is 0 Å². The van der Waals surface area contributed by atoms with Crippen LogP contribution in [0.5, 0.6) is 0 Å². The highest BCUT2D eigenvalue weighted by atomic mass is 32.1. The third kappa shape index (κ3) is 3.72. The van der Waals surface area contributed by atoms with Gasteiger partial charge in [0.1, 0.15) is 16.5 Å². The standard InChI is InChI=1S/C24H34N4OS/c1-3-4-8-20-25-22(21-18-10-9-16(2)15-19(18)30-23(21)26-20)27-11-13-28(14-12-27)24(29)17-6-5-7-17/h16-17H,3-15H2,1-2H3/t16-/m0/s1. The van der Waals surface area contributed by atoms with Crippen LogP contribution in [-0.4, -0.2) is 47.0 Å². The molecule has 30 heavy (non-hydrogen) atoms. The first-order valence-corrected chi connectivity index (χ1v) is 12.8. The first kappa shape index (κ1) is 20.2. The second-order valence-corrected chi connectivity index (χ2v) is 10.6. The molecule has 0 unspecified atom stereocenters. The van der Waals surface area contributed by atoms with Crippen LogP contribution in [0.3, 0.4) is 0 Å². The summed E-state index contributed by atoms with van der Waals surface area (Å²) < 4.78 is 0. The zero-order valence-corrected chi connectivity index (χ0v) is 19.3. The Hall–Kier alpha value is -1.69. The van der Waals surface area contributed by atoms with E-state index in [-0.39, 0.29) is 0 Å². The molecule has 5 rings (SSSR count). The van der Waals surface area contributed by atoms with Gasteiger partial charge in [-0.3, -0.25) is 4.79 Å². The minimum atomic E-state index is 0.300. The molecule has 0 spiro atoms. The van der Waals surface area contributed by atoms with Gasteiger partial charge < -0.3 is 9.80 Å². The fraction of sp³-hybridized carbons (Fsp3) is 0.708. The van der Waals surface area contributed by atoms with Gasteiger partial charge in [0, 0.05) is 43.4 Å². The van der Waals surface area contributed by atoms with Crippen molar-refractivity contribution in [3.8, 4) is 0 Å². The van der Waals surface area contributed by atoms with Crippen LogP contribution in [0.15, 0.2) is 0 Å². The molecule has 0 radical (unpaired) electrons. The quantitative estimate of drug-likeness (QED) is 0.701. The van der Waals surface area contributed by atoms with Crippen LogP contribution >= 0.6 is 11.3 Å². The van der Waals surface area contributed by atoms with Gasteiger partial charge in [-0.25, -0.2) is 9.97 Å². The molecule has 5 nitrogen and oxygen atoms in total. The van der Waals surface area contributed by atoms with Crippen LogP contribution in [-0.2, 0) is 24.1 Å². The first-order valence-electron chi connectivity index (χ1n) is 12.0. The Labute approximate surface area is 183 Å². The Morgan fingerprint density at radius 3 is 2.63 bits per heavy atom. The summed E-state index contributed by atoms with van der Waals surface area (Å²) in [5.41, 5.74) is 1.51. The van der Waals surface area contributed by atoms with Gasteiger partial charge in [-0.15, -0.1) is 11.3 Å². The highest BCUT2D eigenvalue weighted by molar-refractivity contribution is 7.19. The molecule has 6 heteroatoms. The molecular formula is C24H34N4OS. The number of piperazine rings is 1. The van der Waals surface area contributed by atoms with E-state index in [1.165, 1.54) is 39.9 Å². The van der Waals surface area contributed by atoms with Crippen LogP contribution in [0, 0.1) is 11.8 Å². The topological polar surface area (TPSA) is 49.3 Å². The minimum absolute atomic E-state index is 0.300. The van der Waals surface area contributed by atoms with Crippen molar-refractivity contribution in [2.45, 2.75) is 71.6 Å². The van der Waals surface area contributed by atoms with Crippen molar-refractivity contribution in [2.24, 2.45) is 11.8 Å². The van der Waals surface area contributed by atoms with Crippen LogP contribution < -0.4 is 4.90 Å². The number of thiophene rings is 1. The third-order valence-electron chi connectivity index (χ3n) is 7.28. The van der Waals surface area contributed by atoms with Gasteiger partial charge in [0.2, 0.25) is 5.91 Å². The summed E-state index contributed by atoms with van der Waals surface area (Å²) in [5.74, 6) is 3.60. The number of rotatable bonds is 5. The highest BCUT2D eigenvalue weighted by Crippen LogP contribution is 2.41. The number of amides is 1. The van der Waals surface area contributed by atoms with Crippen molar-refractivity contribution in [3.05, 3.63) is 16.3 Å². The molecule has 1 atom stereocenters. The lowest BCUT2D eigenvalue weighted by Gasteiger charge is -2.39. The molecule has 2 aromatic rings. The van der Waals surface area contributed by atoms with E-state index < -0.39 is 0 Å². The van der Waals surface area contributed by atoms with E-state index in [1.807, 2.05) is 11.3 Å². The maximum absolute atomic E-state index is 12.7. The molecule has 1 amide bonds. The predicted octanol–water partition coefficient (Wildman–Crippen LogP) is 4.61. The van der Waals surface area contributed by atoms with Crippen molar-refractivity contribution < 1.29 is 4.79 Å². The normalized spacial score (nSPS) is 22.3. The second-order valence-electron chi connectivity index (χ2n) is 9.54. The number of unbranched alkanes of at least 4 members (excludes halogenated alkanes) is 1. The van der Waals surface area contributed by atoms with Gasteiger partial charge in [-0.05, 0) is 50.0 Å². The SMILES string of the molecule is CCCCc1nc(N2CCN(C(=O)C3CCC3)CC2)c2c3c(sc2n1)C[C@@H](C)CC3. The first-order chi connectivity index (χ1) is 14.6. The van der Waals surface area contributed by atoms with E-state index in [4.69, 9.17) is 9.97 Å². The van der Waals surface area contributed by atoms with E-state index in [0.29, 0.717) is 11.8 Å². The number of fused-ring (bicyclic) bond motifs is 3. The highest BCUT2D eigenvalue weighted by Gasteiger charge is 2.32. The van der Waals surface area contributed by atoms with E-state index in [0.717, 1.165) is 82.3 Å². The minimum Gasteiger partial charge on any atom is -0.352 e. The van der Waals surface area contributed by atoms with Crippen LogP contribution in [0.25, 0.3) is 10.2 Å². The van der Waals surface area contributed by atoms with Gasteiger partial charge in [-0.2, -0.15) is 0 Å². The molecule has 0 bridgehead atoms. The molecule has 0 N–H and O–H groups in total. The molecule has 2 aliphatic carbocycles. The molecular weight excluding hydrogens is 392 g/mol. The molecule has 162 valence electrons. The molecule has 3 heterocycles. The fourth-order valence-corrected chi connectivity index (χ4v) is 6.49. The summed E-state index contributed by atoms with van der Waals surface area (Å²) in [7, 11) is 0. The van der Waals surface area contributed by atoms with Crippen LogP contribution in [0.1, 0.15) is 68.6 Å². The summed E-state index contributed by atoms with van der Waals surface area (Å²) >= 11 is 1.91. The van der Waals surface area contributed by atoms with Crippen molar-refractivity contribution in [2.75, 3.05) is 31.1 Å². The Morgan fingerprint density at radius 1 is 1.13 bits per heavy atom. The number of anilines is 1. The van der Waals surface area contributed by atoms with Gasteiger partial charge >= 0.3 is 0 Å². The van der Waals surface area contributed by atoms with Gasteiger partial charge in [0.25, 0.3) is 0 Å². The average molecular weight is 427 g/mol. The van der Waals surface area contributed by atoms with Crippen molar-refractivity contribution in [3.63, 3.8) is 0 Å². The predicted molar refractivity (Wildman–Crippen MR) is 123 cm³/mol. The maximum Gasteiger partial charge on any atom is 0.225 e. The number of hydrogen-bond donors (Lipinski definition) is 0. The maximum atomic E-state index is 12.7. The van der Waals surface area contributed by atoms with Crippen molar-refractivity contribution >= 4 is 33.3 Å². The van der Waals surface area contributed by atoms with E-state index in [1.54, 1.807) is 0 Å². The lowest BCUT2D eigenvalue weighted by atomic mass is 9.84. The van der Waals surface area contributed by atoms with Crippen LogP contribution in [0.4, 0.5) is 5.82 Å². The molecule has 3 aliphatic rings. The number of aryl methyl sites for hydroxylation is 2. The summed E-state index contributed by atoms with van der Waals surface area (Å²) in [4.78, 5) is 30.0. The van der Waals surface area contributed by atoms with E-state index >= 15 is 0 Å². The number of carbonyl (C=O) groups excluding carboxylic acids is 1. The Balaban J connectivity index is 1.44. The lowest BCUT2D eigenvalue weighted by molar-refractivity contribution is -0.138. The Morgan fingerprint density at radius 2 is 1.93 bits per heavy atom. The molecule has 2 aromatic heterocycles. The average Bonchev–Trinajstić information content (AvgIpc) is 3.07. The van der Waals surface area contributed by atoms with E-state index in [9.17, 15) is 4.79 Å². The zero-order valence-electron chi connectivity index (χ0n) is 18.5. The summed E-state index contributed by atoms with van der Waals surface area (Å²) in [6.07, 6.45) is 10.3. The van der Waals surface area contributed by atoms with Gasteiger partial charge in [0.05, 0.1) is 5.39 Å². The largest absolute Gasteiger partial charge is 0.352 e. The number of aromatic nitrogens is 2.